The number of carbonyl (C=O) groups is 1. The van der Waals surface area contributed by atoms with Crippen LogP contribution in [0.4, 0.5) is 0 Å². The van der Waals surface area contributed by atoms with E-state index in [1.807, 2.05) is 17.5 Å². The summed E-state index contributed by atoms with van der Waals surface area (Å²) in [6, 6.07) is 4.64. The molecule has 2 heterocycles. The van der Waals surface area contributed by atoms with Crippen LogP contribution in [0.2, 0.25) is 0 Å². The summed E-state index contributed by atoms with van der Waals surface area (Å²) in [5.41, 5.74) is 0. The SMILES string of the molecule is C[C@@H]1CCC[C@H](C)N1C(=O)c1cccs1. The lowest BCUT2D eigenvalue weighted by Gasteiger charge is -2.38. The maximum atomic E-state index is 12.2. The number of carbonyl (C=O) groups excluding carboxylic acids is 1. The van der Waals surface area contributed by atoms with Crippen LogP contribution in [-0.2, 0) is 0 Å². The van der Waals surface area contributed by atoms with Gasteiger partial charge in [0, 0.05) is 12.1 Å². The normalized spacial score (nSPS) is 26.7. The largest absolute Gasteiger partial charge is 0.333 e. The van der Waals surface area contributed by atoms with Crippen molar-refractivity contribution in [3.63, 3.8) is 0 Å². The van der Waals surface area contributed by atoms with Crippen molar-refractivity contribution >= 4 is 17.2 Å². The Morgan fingerprint density at radius 1 is 1.40 bits per heavy atom. The van der Waals surface area contributed by atoms with Crippen LogP contribution in [0, 0.1) is 0 Å². The molecule has 0 aromatic carbocycles. The van der Waals surface area contributed by atoms with Gasteiger partial charge >= 0.3 is 0 Å². The summed E-state index contributed by atoms with van der Waals surface area (Å²) in [4.78, 5) is 15.1. The first-order valence-electron chi connectivity index (χ1n) is 5.56. The Morgan fingerprint density at radius 2 is 2.07 bits per heavy atom. The molecule has 1 aliphatic rings. The molecular formula is C12H17NOS. The second-order valence-corrected chi connectivity index (χ2v) is 5.27. The predicted molar refractivity (Wildman–Crippen MR) is 63.3 cm³/mol. The number of rotatable bonds is 1. The molecule has 0 saturated carbocycles. The highest BCUT2D eigenvalue weighted by atomic mass is 32.1. The Labute approximate surface area is 94.9 Å². The van der Waals surface area contributed by atoms with Crippen LogP contribution >= 0.6 is 11.3 Å². The third-order valence-corrected chi connectivity index (χ3v) is 4.02. The maximum absolute atomic E-state index is 12.2. The molecule has 1 aromatic heterocycles. The highest BCUT2D eigenvalue weighted by Crippen LogP contribution is 2.25. The monoisotopic (exact) mass is 223 g/mol. The molecule has 1 saturated heterocycles. The molecule has 2 rings (SSSR count). The fourth-order valence-electron chi connectivity index (χ4n) is 2.35. The number of hydrogen-bond donors (Lipinski definition) is 0. The Balaban J connectivity index is 2.17. The lowest BCUT2D eigenvalue weighted by Crippen LogP contribution is -2.47. The standard InChI is InChI=1S/C12H17NOS/c1-9-5-3-6-10(2)13(9)12(14)11-7-4-8-15-11/h4,7-10H,3,5-6H2,1-2H3/t9-,10+. The van der Waals surface area contributed by atoms with E-state index in [-0.39, 0.29) is 5.91 Å². The molecule has 0 unspecified atom stereocenters. The number of piperidine rings is 1. The third kappa shape index (κ3) is 2.07. The molecule has 0 aliphatic carbocycles. The molecule has 1 fully saturated rings. The minimum absolute atomic E-state index is 0.213. The van der Waals surface area contributed by atoms with E-state index in [1.165, 1.54) is 17.8 Å². The zero-order valence-electron chi connectivity index (χ0n) is 9.27. The van der Waals surface area contributed by atoms with Crippen LogP contribution in [0.15, 0.2) is 17.5 Å². The van der Waals surface area contributed by atoms with Gasteiger partial charge in [-0.05, 0) is 44.6 Å². The van der Waals surface area contributed by atoms with Crippen molar-refractivity contribution in [3.8, 4) is 0 Å². The Hall–Kier alpha value is -0.830. The van der Waals surface area contributed by atoms with Crippen LogP contribution in [0.3, 0.4) is 0 Å². The van der Waals surface area contributed by atoms with Gasteiger partial charge in [0.1, 0.15) is 0 Å². The molecule has 3 heteroatoms. The van der Waals surface area contributed by atoms with Crippen LogP contribution in [0.1, 0.15) is 42.8 Å². The van der Waals surface area contributed by atoms with Crippen molar-refractivity contribution in [1.82, 2.24) is 4.90 Å². The first-order chi connectivity index (χ1) is 7.20. The Morgan fingerprint density at radius 3 is 2.60 bits per heavy atom. The Bertz CT molecular complexity index is 323. The van der Waals surface area contributed by atoms with Crippen molar-refractivity contribution < 1.29 is 4.79 Å². The van der Waals surface area contributed by atoms with Gasteiger partial charge in [-0.1, -0.05) is 6.07 Å². The quantitative estimate of drug-likeness (QED) is 0.716. The van der Waals surface area contributed by atoms with Gasteiger partial charge in [-0.2, -0.15) is 0 Å². The molecule has 2 atom stereocenters. The number of hydrogen-bond acceptors (Lipinski definition) is 2. The molecule has 0 bridgehead atoms. The van der Waals surface area contributed by atoms with Gasteiger partial charge in [0.15, 0.2) is 0 Å². The minimum atomic E-state index is 0.213. The van der Waals surface area contributed by atoms with Crippen molar-refractivity contribution in [1.29, 1.82) is 0 Å². The molecular weight excluding hydrogens is 206 g/mol. The molecule has 0 spiro atoms. The lowest BCUT2D eigenvalue weighted by atomic mass is 9.97. The first kappa shape index (κ1) is 10.7. The van der Waals surface area contributed by atoms with Gasteiger partial charge < -0.3 is 4.90 Å². The molecule has 0 N–H and O–H groups in total. The molecule has 0 radical (unpaired) electrons. The van der Waals surface area contributed by atoms with Crippen LogP contribution in [0.5, 0.6) is 0 Å². The zero-order valence-corrected chi connectivity index (χ0v) is 10.1. The van der Waals surface area contributed by atoms with Gasteiger partial charge in [0.05, 0.1) is 4.88 Å². The lowest BCUT2D eigenvalue weighted by molar-refractivity contribution is 0.0516. The van der Waals surface area contributed by atoms with Gasteiger partial charge in [0.25, 0.3) is 5.91 Å². The molecule has 15 heavy (non-hydrogen) atoms. The summed E-state index contributed by atoms with van der Waals surface area (Å²) in [5, 5.41) is 1.96. The summed E-state index contributed by atoms with van der Waals surface area (Å²) in [7, 11) is 0. The average Bonchev–Trinajstić information content (AvgIpc) is 2.69. The number of thiophene rings is 1. The molecule has 2 nitrogen and oxygen atoms in total. The van der Waals surface area contributed by atoms with Gasteiger partial charge in [-0.15, -0.1) is 11.3 Å². The number of nitrogens with zero attached hydrogens (tertiary/aromatic N) is 1. The van der Waals surface area contributed by atoms with E-state index in [4.69, 9.17) is 0 Å². The molecule has 1 amide bonds. The molecule has 82 valence electrons. The fraction of sp³-hybridized carbons (Fsp3) is 0.583. The predicted octanol–water partition coefficient (Wildman–Crippen LogP) is 3.15. The van der Waals surface area contributed by atoms with Gasteiger partial charge in [-0.3, -0.25) is 4.79 Å². The van der Waals surface area contributed by atoms with E-state index < -0.39 is 0 Å². The highest BCUT2D eigenvalue weighted by Gasteiger charge is 2.29. The summed E-state index contributed by atoms with van der Waals surface area (Å²) >= 11 is 1.54. The van der Waals surface area contributed by atoms with Gasteiger partial charge in [0.2, 0.25) is 0 Å². The van der Waals surface area contributed by atoms with Crippen molar-refractivity contribution in [2.75, 3.05) is 0 Å². The van der Waals surface area contributed by atoms with Crippen LogP contribution in [0.25, 0.3) is 0 Å². The van der Waals surface area contributed by atoms with Crippen molar-refractivity contribution in [2.45, 2.75) is 45.2 Å². The average molecular weight is 223 g/mol. The summed E-state index contributed by atoms with van der Waals surface area (Å²) in [5.74, 6) is 0.213. The van der Waals surface area contributed by atoms with E-state index in [2.05, 4.69) is 18.7 Å². The van der Waals surface area contributed by atoms with E-state index in [9.17, 15) is 4.79 Å². The van der Waals surface area contributed by atoms with Crippen LogP contribution in [-0.4, -0.2) is 22.9 Å². The Kier molecular flexibility index (Phi) is 3.10. The minimum Gasteiger partial charge on any atom is -0.333 e. The van der Waals surface area contributed by atoms with Crippen LogP contribution < -0.4 is 0 Å². The number of amides is 1. The second kappa shape index (κ2) is 4.35. The van der Waals surface area contributed by atoms with E-state index in [0.717, 1.165) is 17.7 Å². The maximum Gasteiger partial charge on any atom is 0.264 e. The fourth-order valence-corrected chi connectivity index (χ4v) is 3.02. The third-order valence-electron chi connectivity index (χ3n) is 3.16. The molecule has 1 aromatic rings. The van der Waals surface area contributed by atoms with Crippen molar-refractivity contribution in [2.24, 2.45) is 0 Å². The van der Waals surface area contributed by atoms with Gasteiger partial charge in [-0.25, -0.2) is 0 Å². The summed E-state index contributed by atoms with van der Waals surface area (Å²) < 4.78 is 0. The van der Waals surface area contributed by atoms with E-state index in [1.54, 1.807) is 0 Å². The smallest absolute Gasteiger partial charge is 0.264 e. The summed E-state index contributed by atoms with van der Waals surface area (Å²) in [6.07, 6.45) is 3.53. The second-order valence-electron chi connectivity index (χ2n) is 4.32. The number of likely N-dealkylation sites (tertiary alicyclic amines) is 1. The van der Waals surface area contributed by atoms with E-state index >= 15 is 0 Å². The first-order valence-corrected chi connectivity index (χ1v) is 6.44. The molecule has 1 aliphatic heterocycles. The van der Waals surface area contributed by atoms with Crippen molar-refractivity contribution in [3.05, 3.63) is 22.4 Å². The zero-order chi connectivity index (χ0) is 10.8. The summed E-state index contributed by atoms with van der Waals surface area (Å²) in [6.45, 7) is 4.31. The van der Waals surface area contributed by atoms with E-state index in [0.29, 0.717) is 12.1 Å². The topological polar surface area (TPSA) is 20.3 Å². The highest BCUT2D eigenvalue weighted by molar-refractivity contribution is 7.12.